The van der Waals surface area contributed by atoms with E-state index >= 15 is 0 Å². The molecule has 7 heteroatoms. The van der Waals surface area contributed by atoms with E-state index in [1.54, 1.807) is 18.3 Å². The fourth-order valence-electron chi connectivity index (χ4n) is 4.80. The summed E-state index contributed by atoms with van der Waals surface area (Å²) in [7, 11) is 0. The Morgan fingerprint density at radius 3 is 2.42 bits per heavy atom. The average Bonchev–Trinajstić information content (AvgIpc) is 3.38. The summed E-state index contributed by atoms with van der Waals surface area (Å²) in [4.78, 5) is 29.2. The van der Waals surface area contributed by atoms with Gasteiger partial charge in [0.05, 0.1) is 16.6 Å². The van der Waals surface area contributed by atoms with Crippen LogP contribution in [-0.4, -0.2) is 28.1 Å². The van der Waals surface area contributed by atoms with Crippen LogP contribution in [0.2, 0.25) is 5.02 Å². The van der Waals surface area contributed by atoms with Crippen molar-refractivity contribution in [2.75, 3.05) is 5.32 Å². The quantitative estimate of drug-likeness (QED) is 0.351. The van der Waals surface area contributed by atoms with Gasteiger partial charge in [-0.3, -0.25) is 9.78 Å². The first kappa shape index (κ1) is 25.7. The third kappa shape index (κ3) is 5.71. The number of carbonyl (C=O) groups excluding carboxylic acids is 1. The number of halogens is 1. The zero-order valence-corrected chi connectivity index (χ0v) is 21.5. The van der Waals surface area contributed by atoms with Gasteiger partial charge in [-0.05, 0) is 68.9 Å². The second-order valence-electron chi connectivity index (χ2n) is 9.45. The Bertz CT molecular complexity index is 1250. The molecule has 2 N–H and O–H groups in total. The van der Waals surface area contributed by atoms with E-state index in [2.05, 4.69) is 10.3 Å². The molecule has 0 spiro atoms. The fourth-order valence-corrected chi connectivity index (χ4v) is 4.97. The first-order chi connectivity index (χ1) is 17.2. The van der Waals surface area contributed by atoms with Gasteiger partial charge in [0.2, 0.25) is 5.91 Å². The van der Waals surface area contributed by atoms with Crippen LogP contribution in [0.4, 0.5) is 5.69 Å². The van der Waals surface area contributed by atoms with Crippen LogP contribution >= 0.6 is 11.6 Å². The molecule has 2 unspecified atom stereocenters. The highest BCUT2D eigenvalue weighted by molar-refractivity contribution is 6.31. The molecule has 0 bridgehead atoms. The second-order valence-corrected chi connectivity index (χ2v) is 9.86. The number of hydrogen-bond donors (Lipinski definition) is 2. The van der Waals surface area contributed by atoms with E-state index in [0.29, 0.717) is 22.0 Å². The number of carboxylic acid groups (broad SMARTS) is 1. The van der Waals surface area contributed by atoms with E-state index in [1.807, 2.05) is 50.2 Å². The van der Waals surface area contributed by atoms with Gasteiger partial charge in [-0.2, -0.15) is 0 Å². The summed E-state index contributed by atoms with van der Waals surface area (Å²) in [5.74, 6) is -0.699. The van der Waals surface area contributed by atoms with E-state index in [-0.39, 0.29) is 17.7 Å². The highest BCUT2D eigenvalue weighted by atomic mass is 35.5. The lowest BCUT2D eigenvalue weighted by Gasteiger charge is -2.24. The zero-order chi connectivity index (χ0) is 25.8. The highest BCUT2D eigenvalue weighted by Gasteiger charge is 2.32. The number of nitrogens with zero attached hydrogens (tertiary/aromatic N) is 1. The molecule has 1 fully saturated rings. The van der Waals surface area contributed by atoms with E-state index < -0.39 is 12.1 Å². The fraction of sp³-hybridized carbons (Fsp3) is 0.345. The largest absolute Gasteiger partial charge is 0.479 e. The Hall–Kier alpha value is -3.38. The number of amides is 1. The van der Waals surface area contributed by atoms with Gasteiger partial charge in [0.25, 0.3) is 0 Å². The molecule has 1 aromatic heterocycles. The molecule has 188 valence electrons. The van der Waals surface area contributed by atoms with Gasteiger partial charge in [-0.1, -0.05) is 54.8 Å². The number of ether oxygens (including phenoxy) is 1. The third-order valence-corrected chi connectivity index (χ3v) is 7.36. The minimum absolute atomic E-state index is 0.0683. The smallest absolute Gasteiger partial charge is 0.344 e. The van der Waals surface area contributed by atoms with Gasteiger partial charge in [0, 0.05) is 23.0 Å². The number of nitrogens with one attached hydrogen (secondary N) is 1. The molecule has 1 amide bonds. The van der Waals surface area contributed by atoms with Crippen molar-refractivity contribution in [2.24, 2.45) is 5.92 Å². The average molecular weight is 507 g/mol. The molecular weight excluding hydrogens is 476 g/mol. The monoisotopic (exact) mass is 506 g/mol. The molecule has 1 aliphatic carbocycles. The molecule has 2 aromatic carbocycles. The molecule has 2 atom stereocenters. The third-order valence-electron chi connectivity index (χ3n) is 6.98. The van der Waals surface area contributed by atoms with E-state index in [0.717, 1.165) is 48.1 Å². The first-order valence-electron chi connectivity index (χ1n) is 12.3. The van der Waals surface area contributed by atoms with Crippen LogP contribution in [0, 0.1) is 19.8 Å². The summed E-state index contributed by atoms with van der Waals surface area (Å²) >= 11 is 6.26. The summed E-state index contributed by atoms with van der Waals surface area (Å²) in [5, 5.41) is 12.9. The van der Waals surface area contributed by atoms with Crippen LogP contribution in [0.3, 0.4) is 0 Å². The molecule has 0 saturated heterocycles. The Kier molecular flexibility index (Phi) is 7.94. The summed E-state index contributed by atoms with van der Waals surface area (Å²) in [5.41, 5.74) is 5.00. The van der Waals surface area contributed by atoms with Crippen LogP contribution in [0.25, 0.3) is 11.1 Å². The topological polar surface area (TPSA) is 88.5 Å². The predicted molar refractivity (Wildman–Crippen MR) is 142 cm³/mol. The number of benzene rings is 2. The SMILES string of the molecule is Cc1ncc(-c2ccc(C(C(=O)Nc3cccc(OC(C)C(=O)O)c3C)C3CCCC3)cc2)cc1Cl. The maximum Gasteiger partial charge on any atom is 0.344 e. The number of carbonyl (C=O) groups is 2. The van der Waals surface area contributed by atoms with Crippen molar-refractivity contribution in [3.8, 4) is 16.9 Å². The molecule has 6 nitrogen and oxygen atoms in total. The first-order valence-corrected chi connectivity index (χ1v) is 12.6. The molecule has 36 heavy (non-hydrogen) atoms. The summed E-state index contributed by atoms with van der Waals surface area (Å²) in [6.07, 6.45) is 5.08. The minimum atomic E-state index is -1.04. The van der Waals surface area contributed by atoms with Gasteiger partial charge < -0.3 is 15.2 Å². The van der Waals surface area contributed by atoms with E-state index in [4.69, 9.17) is 16.3 Å². The van der Waals surface area contributed by atoms with Crippen LogP contribution in [0.1, 0.15) is 55.3 Å². The van der Waals surface area contributed by atoms with Crippen molar-refractivity contribution < 1.29 is 19.4 Å². The maximum absolute atomic E-state index is 13.7. The van der Waals surface area contributed by atoms with Crippen molar-refractivity contribution in [2.45, 2.75) is 58.5 Å². The van der Waals surface area contributed by atoms with Gasteiger partial charge in [0.1, 0.15) is 5.75 Å². The van der Waals surface area contributed by atoms with Crippen LogP contribution < -0.4 is 10.1 Å². The van der Waals surface area contributed by atoms with E-state index in [1.165, 1.54) is 6.92 Å². The van der Waals surface area contributed by atoms with Gasteiger partial charge in [0.15, 0.2) is 6.10 Å². The van der Waals surface area contributed by atoms with Crippen molar-refractivity contribution in [1.29, 1.82) is 0 Å². The Morgan fingerprint density at radius 2 is 1.78 bits per heavy atom. The lowest BCUT2D eigenvalue weighted by Crippen LogP contribution is -2.27. The van der Waals surface area contributed by atoms with Crippen molar-refractivity contribution >= 4 is 29.2 Å². The number of aromatic nitrogens is 1. The number of pyridine rings is 1. The van der Waals surface area contributed by atoms with Crippen LogP contribution in [-0.2, 0) is 9.59 Å². The Morgan fingerprint density at radius 1 is 1.08 bits per heavy atom. The lowest BCUT2D eigenvalue weighted by molar-refractivity contribution is -0.144. The maximum atomic E-state index is 13.7. The van der Waals surface area contributed by atoms with Crippen molar-refractivity contribution in [3.63, 3.8) is 0 Å². The van der Waals surface area contributed by atoms with Crippen LogP contribution in [0.15, 0.2) is 54.7 Å². The normalized spacial score (nSPS) is 15.3. The molecule has 0 aliphatic heterocycles. The molecule has 4 rings (SSSR count). The number of hydrogen-bond acceptors (Lipinski definition) is 4. The summed E-state index contributed by atoms with van der Waals surface area (Å²) in [6, 6.07) is 15.3. The van der Waals surface area contributed by atoms with Crippen LogP contribution in [0.5, 0.6) is 5.75 Å². The van der Waals surface area contributed by atoms with Crippen molar-refractivity contribution in [3.05, 3.63) is 76.6 Å². The summed E-state index contributed by atoms with van der Waals surface area (Å²) < 4.78 is 5.58. The molecular formula is C29H31ClN2O4. The molecule has 3 aromatic rings. The van der Waals surface area contributed by atoms with Gasteiger partial charge in [-0.25, -0.2) is 4.79 Å². The van der Waals surface area contributed by atoms with E-state index in [9.17, 15) is 14.7 Å². The number of anilines is 1. The molecule has 1 aliphatic rings. The number of aryl methyl sites for hydroxylation is 1. The molecule has 0 radical (unpaired) electrons. The standard InChI is InChI=1S/C29H31ClN2O4/c1-17-25(9-6-10-26(17)36-19(3)29(34)35)32-28(33)27(21-7-4-5-8-21)22-13-11-20(12-14-22)23-15-24(30)18(2)31-16-23/h6,9-16,19,21,27H,4-5,7-8H2,1-3H3,(H,32,33)(H,34,35). The molecule has 1 saturated carbocycles. The lowest BCUT2D eigenvalue weighted by atomic mass is 9.83. The zero-order valence-electron chi connectivity index (χ0n) is 20.8. The molecule has 1 heterocycles. The van der Waals surface area contributed by atoms with Gasteiger partial charge >= 0.3 is 5.97 Å². The second kappa shape index (κ2) is 11.1. The minimum Gasteiger partial charge on any atom is -0.479 e. The Balaban J connectivity index is 1.59. The number of aliphatic carboxylic acids is 1. The van der Waals surface area contributed by atoms with Crippen molar-refractivity contribution in [1.82, 2.24) is 4.98 Å². The van der Waals surface area contributed by atoms with Gasteiger partial charge in [-0.15, -0.1) is 0 Å². The Labute approximate surface area is 216 Å². The predicted octanol–water partition coefficient (Wildman–Crippen LogP) is 6.78. The highest BCUT2D eigenvalue weighted by Crippen LogP contribution is 2.39. The number of rotatable bonds is 8. The summed E-state index contributed by atoms with van der Waals surface area (Å²) in [6.45, 7) is 5.17. The number of carboxylic acids is 1.